The van der Waals surface area contributed by atoms with Gasteiger partial charge in [-0.1, -0.05) is 25.1 Å². The van der Waals surface area contributed by atoms with Gasteiger partial charge in [-0.2, -0.15) is 0 Å². The first-order valence-electron chi connectivity index (χ1n) is 6.28. The minimum Gasteiger partial charge on any atom is -0.349 e. The molecular weight excluding hydrogens is 242 g/mol. The Bertz CT molecular complexity index is 563. The van der Waals surface area contributed by atoms with Crippen molar-refractivity contribution in [3.8, 4) is 0 Å². The molecule has 2 aromatic rings. The maximum absolute atomic E-state index is 10.9. The van der Waals surface area contributed by atoms with Crippen molar-refractivity contribution < 1.29 is 4.92 Å². The van der Waals surface area contributed by atoms with E-state index >= 15 is 0 Å². The summed E-state index contributed by atoms with van der Waals surface area (Å²) < 4.78 is 1.97. The van der Waals surface area contributed by atoms with E-state index in [4.69, 9.17) is 0 Å². The van der Waals surface area contributed by atoms with Crippen molar-refractivity contribution in [3.63, 3.8) is 0 Å². The molecule has 0 fully saturated rings. The Morgan fingerprint density at radius 3 is 2.84 bits per heavy atom. The number of hydrogen-bond acceptors (Lipinski definition) is 3. The van der Waals surface area contributed by atoms with Crippen LogP contribution in [0.3, 0.4) is 0 Å². The highest BCUT2D eigenvalue weighted by atomic mass is 16.6. The molecule has 0 radical (unpaired) electrons. The fraction of sp³-hybridized carbons (Fsp3) is 0.286. The Labute approximate surface area is 112 Å². The second-order valence-corrected chi connectivity index (χ2v) is 4.36. The molecule has 0 atom stereocenters. The summed E-state index contributed by atoms with van der Waals surface area (Å²) in [6, 6.07) is 8.87. The molecule has 0 unspecified atom stereocenters. The third kappa shape index (κ3) is 3.42. The molecule has 0 aliphatic heterocycles. The molecule has 1 aromatic carbocycles. The summed E-state index contributed by atoms with van der Waals surface area (Å²) >= 11 is 0. The summed E-state index contributed by atoms with van der Waals surface area (Å²) in [6.07, 6.45) is 3.96. The number of aromatic nitrogens is 1. The van der Waals surface area contributed by atoms with Gasteiger partial charge in [-0.15, -0.1) is 0 Å². The van der Waals surface area contributed by atoms with Crippen molar-refractivity contribution >= 4 is 5.69 Å². The molecule has 100 valence electrons. The van der Waals surface area contributed by atoms with Crippen LogP contribution in [0.2, 0.25) is 0 Å². The van der Waals surface area contributed by atoms with Gasteiger partial charge in [0.2, 0.25) is 0 Å². The van der Waals surface area contributed by atoms with Gasteiger partial charge >= 0.3 is 0 Å². The van der Waals surface area contributed by atoms with Crippen LogP contribution in [-0.4, -0.2) is 16.0 Å². The third-order valence-electron chi connectivity index (χ3n) is 2.93. The highest BCUT2D eigenvalue weighted by Gasteiger charge is 2.12. The summed E-state index contributed by atoms with van der Waals surface area (Å²) in [5, 5.41) is 14.2. The monoisotopic (exact) mass is 259 g/mol. The van der Waals surface area contributed by atoms with Crippen molar-refractivity contribution in [2.45, 2.75) is 20.0 Å². The zero-order valence-electron chi connectivity index (χ0n) is 10.9. The lowest BCUT2D eigenvalue weighted by Gasteiger charge is -2.04. The molecule has 0 amide bonds. The Balaban J connectivity index is 2.13. The molecule has 0 saturated carbocycles. The lowest BCUT2D eigenvalue weighted by atomic mass is 10.2. The summed E-state index contributed by atoms with van der Waals surface area (Å²) in [7, 11) is 0. The average Bonchev–Trinajstić information content (AvgIpc) is 2.84. The lowest BCUT2D eigenvalue weighted by molar-refractivity contribution is -0.385. The topological polar surface area (TPSA) is 60.1 Å². The largest absolute Gasteiger partial charge is 0.349 e. The van der Waals surface area contributed by atoms with E-state index in [1.807, 2.05) is 29.1 Å². The van der Waals surface area contributed by atoms with Crippen LogP contribution in [0.1, 0.15) is 18.1 Å². The highest BCUT2D eigenvalue weighted by molar-refractivity contribution is 5.40. The maximum atomic E-state index is 10.9. The van der Waals surface area contributed by atoms with Gasteiger partial charge in [-0.3, -0.25) is 10.1 Å². The van der Waals surface area contributed by atoms with Crippen LogP contribution in [0.4, 0.5) is 5.69 Å². The number of rotatable bonds is 6. The minimum absolute atomic E-state index is 0.171. The molecular formula is C14H17N3O2. The van der Waals surface area contributed by atoms with E-state index in [1.54, 1.807) is 18.2 Å². The molecule has 0 aliphatic rings. The Morgan fingerprint density at radius 2 is 2.11 bits per heavy atom. The SMILES string of the molecule is CCNCc1ccn(Cc2ccccc2[N+](=O)[O-])c1. The van der Waals surface area contributed by atoms with E-state index in [9.17, 15) is 10.1 Å². The van der Waals surface area contributed by atoms with Gasteiger partial charge < -0.3 is 9.88 Å². The zero-order valence-corrected chi connectivity index (χ0v) is 10.9. The second kappa shape index (κ2) is 6.15. The van der Waals surface area contributed by atoms with Crippen molar-refractivity contribution in [2.24, 2.45) is 0 Å². The molecule has 5 heteroatoms. The van der Waals surface area contributed by atoms with Crippen LogP contribution in [0.25, 0.3) is 0 Å². The Hall–Kier alpha value is -2.14. The van der Waals surface area contributed by atoms with Gasteiger partial charge in [0, 0.05) is 30.6 Å². The molecule has 5 nitrogen and oxygen atoms in total. The molecule has 0 spiro atoms. The van der Waals surface area contributed by atoms with Crippen molar-refractivity contribution in [2.75, 3.05) is 6.54 Å². The van der Waals surface area contributed by atoms with Crippen LogP contribution in [0.5, 0.6) is 0 Å². The number of para-hydroxylation sites is 1. The molecule has 1 aromatic heterocycles. The number of benzene rings is 1. The van der Waals surface area contributed by atoms with Crippen molar-refractivity contribution in [1.82, 2.24) is 9.88 Å². The van der Waals surface area contributed by atoms with E-state index in [1.165, 1.54) is 5.56 Å². The van der Waals surface area contributed by atoms with Crippen LogP contribution in [0.15, 0.2) is 42.7 Å². The predicted octanol–water partition coefficient (Wildman–Crippen LogP) is 2.55. The number of nitrogens with one attached hydrogen (secondary N) is 1. The van der Waals surface area contributed by atoms with E-state index in [-0.39, 0.29) is 10.6 Å². The van der Waals surface area contributed by atoms with Crippen LogP contribution < -0.4 is 5.32 Å². The zero-order chi connectivity index (χ0) is 13.7. The lowest BCUT2D eigenvalue weighted by Crippen LogP contribution is -2.11. The van der Waals surface area contributed by atoms with E-state index < -0.39 is 0 Å². The summed E-state index contributed by atoms with van der Waals surface area (Å²) in [4.78, 5) is 10.6. The molecule has 0 saturated heterocycles. The predicted molar refractivity (Wildman–Crippen MR) is 74.0 cm³/mol. The number of nitro groups is 1. The molecule has 2 rings (SSSR count). The Morgan fingerprint density at radius 1 is 1.32 bits per heavy atom. The summed E-state index contributed by atoms with van der Waals surface area (Å²) in [5.74, 6) is 0. The fourth-order valence-electron chi connectivity index (χ4n) is 1.98. The number of nitrogens with zero attached hydrogens (tertiary/aromatic N) is 2. The second-order valence-electron chi connectivity index (χ2n) is 4.36. The fourth-order valence-corrected chi connectivity index (χ4v) is 1.98. The molecule has 19 heavy (non-hydrogen) atoms. The average molecular weight is 259 g/mol. The normalized spacial score (nSPS) is 10.6. The maximum Gasteiger partial charge on any atom is 0.274 e. The first kappa shape index (κ1) is 13.3. The van der Waals surface area contributed by atoms with Crippen molar-refractivity contribution in [3.05, 3.63) is 64.0 Å². The van der Waals surface area contributed by atoms with Gasteiger partial charge in [-0.05, 0) is 18.2 Å². The third-order valence-corrected chi connectivity index (χ3v) is 2.93. The smallest absolute Gasteiger partial charge is 0.274 e. The molecule has 1 N–H and O–H groups in total. The van der Waals surface area contributed by atoms with E-state index in [2.05, 4.69) is 12.2 Å². The summed E-state index contributed by atoms with van der Waals surface area (Å²) in [6.45, 7) is 4.32. The number of nitro benzene ring substituents is 1. The van der Waals surface area contributed by atoms with Gasteiger partial charge in [-0.25, -0.2) is 0 Å². The number of hydrogen-bond donors (Lipinski definition) is 1. The molecule has 0 bridgehead atoms. The first-order valence-corrected chi connectivity index (χ1v) is 6.28. The quantitative estimate of drug-likeness (QED) is 0.640. The van der Waals surface area contributed by atoms with Gasteiger partial charge in [0.05, 0.1) is 11.5 Å². The van der Waals surface area contributed by atoms with Gasteiger partial charge in [0.1, 0.15) is 0 Å². The standard InChI is InChI=1S/C14H17N3O2/c1-2-15-9-12-7-8-16(10-12)11-13-5-3-4-6-14(13)17(18)19/h3-8,10,15H,2,9,11H2,1H3. The van der Waals surface area contributed by atoms with Crippen molar-refractivity contribution in [1.29, 1.82) is 0 Å². The van der Waals surface area contributed by atoms with Crippen LogP contribution in [-0.2, 0) is 13.1 Å². The van der Waals surface area contributed by atoms with Crippen LogP contribution in [0, 0.1) is 10.1 Å². The van der Waals surface area contributed by atoms with E-state index in [0.29, 0.717) is 6.54 Å². The minimum atomic E-state index is -0.335. The summed E-state index contributed by atoms with van der Waals surface area (Å²) in [5.41, 5.74) is 2.07. The van der Waals surface area contributed by atoms with E-state index in [0.717, 1.165) is 18.7 Å². The molecule has 0 aliphatic carbocycles. The highest BCUT2D eigenvalue weighted by Crippen LogP contribution is 2.19. The van der Waals surface area contributed by atoms with Gasteiger partial charge in [0.15, 0.2) is 0 Å². The first-order chi connectivity index (χ1) is 9.20. The van der Waals surface area contributed by atoms with Crippen LogP contribution >= 0.6 is 0 Å². The Kier molecular flexibility index (Phi) is 4.30. The molecule has 1 heterocycles. The van der Waals surface area contributed by atoms with Gasteiger partial charge in [0.25, 0.3) is 5.69 Å².